The number of esters is 1. The van der Waals surface area contributed by atoms with Crippen molar-refractivity contribution in [2.75, 3.05) is 7.11 Å². The van der Waals surface area contributed by atoms with Gasteiger partial charge >= 0.3 is 5.97 Å². The average Bonchev–Trinajstić information content (AvgIpc) is 2.69. The van der Waals surface area contributed by atoms with E-state index in [1.165, 1.54) is 7.11 Å². The van der Waals surface area contributed by atoms with Crippen LogP contribution in [0.15, 0.2) is 84.9 Å². The normalized spacial score (nSPS) is 13.0. The molecule has 0 spiro atoms. The minimum absolute atomic E-state index is 0.152. The lowest BCUT2D eigenvalue weighted by molar-refractivity contribution is -0.163. The van der Waals surface area contributed by atoms with Crippen LogP contribution in [0.5, 0.6) is 0 Å². The van der Waals surface area contributed by atoms with Crippen LogP contribution in [0, 0.1) is 0 Å². The van der Waals surface area contributed by atoms with Crippen molar-refractivity contribution in [1.82, 2.24) is 0 Å². The molecule has 1 N–H and O–H groups in total. The summed E-state index contributed by atoms with van der Waals surface area (Å²) in [7, 11) is 1.29. The van der Waals surface area contributed by atoms with Crippen molar-refractivity contribution in [2.24, 2.45) is 0 Å². The molecule has 0 amide bonds. The van der Waals surface area contributed by atoms with Crippen molar-refractivity contribution in [3.63, 3.8) is 0 Å². The fourth-order valence-corrected chi connectivity index (χ4v) is 2.92. The zero-order valence-electron chi connectivity index (χ0n) is 14.1. The molecule has 0 aliphatic heterocycles. The third-order valence-corrected chi connectivity index (χ3v) is 4.30. The smallest absolute Gasteiger partial charge is 0.342 e. The third kappa shape index (κ3) is 3.62. The van der Waals surface area contributed by atoms with Gasteiger partial charge in [0.25, 0.3) is 0 Å². The Bertz CT molecular complexity index is 826. The second-order valence-corrected chi connectivity index (χ2v) is 5.96. The lowest BCUT2D eigenvalue weighted by Gasteiger charge is -2.26. The van der Waals surface area contributed by atoms with Gasteiger partial charge in [0.2, 0.25) is 0 Å². The van der Waals surface area contributed by atoms with Gasteiger partial charge in [-0.15, -0.1) is 0 Å². The van der Waals surface area contributed by atoms with Gasteiger partial charge in [-0.2, -0.15) is 0 Å². The molecule has 0 bridgehead atoms. The molecule has 0 saturated heterocycles. The summed E-state index contributed by atoms with van der Waals surface area (Å²) in [6.07, 6.45) is 0.152. The van der Waals surface area contributed by atoms with Crippen LogP contribution in [0.1, 0.15) is 11.1 Å². The number of ether oxygens (including phenoxy) is 1. The second-order valence-electron chi connectivity index (χ2n) is 5.96. The first-order chi connectivity index (χ1) is 12.1. The summed E-state index contributed by atoms with van der Waals surface area (Å²) >= 11 is 0. The van der Waals surface area contributed by atoms with Crippen LogP contribution in [0.3, 0.4) is 0 Å². The number of rotatable bonds is 5. The molecule has 3 heteroatoms. The first-order valence-corrected chi connectivity index (χ1v) is 8.14. The molecule has 0 aromatic heterocycles. The molecule has 3 aromatic carbocycles. The monoisotopic (exact) mass is 332 g/mol. The summed E-state index contributed by atoms with van der Waals surface area (Å²) in [5, 5.41) is 11.0. The van der Waals surface area contributed by atoms with E-state index in [1.807, 2.05) is 60.7 Å². The molecule has 0 saturated carbocycles. The number of aliphatic hydroxyl groups is 1. The minimum Gasteiger partial charge on any atom is -0.467 e. The summed E-state index contributed by atoms with van der Waals surface area (Å²) < 4.78 is 4.85. The predicted octanol–water partition coefficient (Wildman–Crippen LogP) is 3.96. The Morgan fingerprint density at radius 3 is 1.92 bits per heavy atom. The van der Waals surface area contributed by atoms with Gasteiger partial charge in [-0.05, 0) is 22.3 Å². The maximum absolute atomic E-state index is 12.3. The fourth-order valence-electron chi connectivity index (χ4n) is 2.92. The molecule has 0 aliphatic carbocycles. The van der Waals surface area contributed by atoms with Gasteiger partial charge in [0, 0.05) is 6.42 Å². The Balaban J connectivity index is 1.89. The van der Waals surface area contributed by atoms with Gasteiger partial charge in [-0.25, -0.2) is 4.79 Å². The molecule has 0 radical (unpaired) electrons. The Labute approximate surface area is 147 Å². The average molecular weight is 332 g/mol. The van der Waals surface area contributed by atoms with E-state index in [1.54, 1.807) is 24.3 Å². The van der Waals surface area contributed by atoms with E-state index >= 15 is 0 Å². The van der Waals surface area contributed by atoms with Gasteiger partial charge in [0.05, 0.1) is 7.11 Å². The molecule has 0 aliphatic rings. The second kappa shape index (κ2) is 7.32. The number of benzene rings is 3. The molecule has 3 nitrogen and oxygen atoms in total. The fraction of sp³-hybridized carbons (Fsp3) is 0.136. The Hall–Kier alpha value is -2.91. The molecular formula is C22H20O3. The van der Waals surface area contributed by atoms with E-state index in [0.29, 0.717) is 5.56 Å². The van der Waals surface area contributed by atoms with Crippen LogP contribution in [0.4, 0.5) is 0 Å². The quantitative estimate of drug-likeness (QED) is 0.720. The van der Waals surface area contributed by atoms with Crippen LogP contribution in [-0.4, -0.2) is 18.2 Å². The van der Waals surface area contributed by atoms with Gasteiger partial charge < -0.3 is 9.84 Å². The lowest BCUT2D eigenvalue weighted by Crippen LogP contribution is -2.39. The molecule has 3 rings (SSSR count). The molecule has 3 aromatic rings. The Kier molecular flexibility index (Phi) is 4.96. The van der Waals surface area contributed by atoms with E-state index < -0.39 is 11.6 Å². The van der Waals surface area contributed by atoms with E-state index in [0.717, 1.165) is 16.7 Å². The summed E-state index contributed by atoms with van der Waals surface area (Å²) in [6, 6.07) is 26.8. The van der Waals surface area contributed by atoms with Crippen LogP contribution in [0.25, 0.3) is 11.1 Å². The number of methoxy groups -OCH3 is 1. The van der Waals surface area contributed by atoms with Crippen molar-refractivity contribution in [2.45, 2.75) is 12.0 Å². The van der Waals surface area contributed by atoms with Gasteiger partial charge in [0.15, 0.2) is 5.60 Å². The van der Waals surface area contributed by atoms with Crippen molar-refractivity contribution in [3.8, 4) is 11.1 Å². The zero-order valence-corrected chi connectivity index (χ0v) is 14.1. The van der Waals surface area contributed by atoms with E-state index in [4.69, 9.17) is 4.74 Å². The Morgan fingerprint density at radius 1 is 0.840 bits per heavy atom. The van der Waals surface area contributed by atoms with Gasteiger partial charge in [-0.1, -0.05) is 84.9 Å². The minimum atomic E-state index is -1.70. The van der Waals surface area contributed by atoms with E-state index in [9.17, 15) is 9.90 Å². The molecule has 25 heavy (non-hydrogen) atoms. The molecule has 0 heterocycles. The lowest BCUT2D eigenvalue weighted by atomic mass is 9.87. The molecule has 1 unspecified atom stereocenters. The number of hydrogen-bond donors (Lipinski definition) is 1. The standard InChI is InChI=1S/C22H20O3/c1-25-21(23)22(24,20-10-6-3-7-11-20)16-17-12-14-19(15-13-17)18-8-4-2-5-9-18/h2-15,24H,16H2,1H3. The highest BCUT2D eigenvalue weighted by Gasteiger charge is 2.39. The third-order valence-electron chi connectivity index (χ3n) is 4.30. The largest absolute Gasteiger partial charge is 0.467 e. The summed E-state index contributed by atoms with van der Waals surface area (Å²) in [4.78, 5) is 12.3. The topological polar surface area (TPSA) is 46.5 Å². The summed E-state index contributed by atoms with van der Waals surface area (Å²) in [5.41, 5.74) is 1.89. The van der Waals surface area contributed by atoms with Gasteiger partial charge in [0.1, 0.15) is 0 Å². The van der Waals surface area contributed by atoms with Crippen LogP contribution in [-0.2, 0) is 21.6 Å². The van der Waals surface area contributed by atoms with Crippen LogP contribution >= 0.6 is 0 Å². The SMILES string of the molecule is COC(=O)C(O)(Cc1ccc(-c2ccccc2)cc1)c1ccccc1. The maximum atomic E-state index is 12.3. The highest BCUT2D eigenvalue weighted by Crippen LogP contribution is 2.28. The first kappa shape index (κ1) is 16.9. The Morgan fingerprint density at radius 2 is 1.36 bits per heavy atom. The molecule has 126 valence electrons. The van der Waals surface area contributed by atoms with Crippen molar-refractivity contribution in [3.05, 3.63) is 96.1 Å². The molecule has 1 atom stereocenters. The van der Waals surface area contributed by atoms with Crippen LogP contribution in [0.2, 0.25) is 0 Å². The number of carbonyl (C=O) groups is 1. The van der Waals surface area contributed by atoms with E-state index in [2.05, 4.69) is 0 Å². The number of carbonyl (C=O) groups excluding carboxylic acids is 1. The zero-order chi connectivity index (χ0) is 17.7. The molecule has 0 fully saturated rings. The van der Waals surface area contributed by atoms with Crippen LogP contribution < -0.4 is 0 Å². The van der Waals surface area contributed by atoms with Crippen molar-refractivity contribution in [1.29, 1.82) is 0 Å². The van der Waals surface area contributed by atoms with Gasteiger partial charge in [-0.3, -0.25) is 0 Å². The van der Waals surface area contributed by atoms with Crippen molar-refractivity contribution >= 4 is 5.97 Å². The number of hydrogen-bond acceptors (Lipinski definition) is 3. The summed E-state index contributed by atoms with van der Waals surface area (Å²) in [5.74, 6) is -0.661. The predicted molar refractivity (Wildman–Crippen MR) is 97.9 cm³/mol. The molecular weight excluding hydrogens is 312 g/mol. The van der Waals surface area contributed by atoms with E-state index in [-0.39, 0.29) is 6.42 Å². The maximum Gasteiger partial charge on any atom is 0.342 e. The highest BCUT2D eigenvalue weighted by molar-refractivity contribution is 5.81. The summed E-state index contributed by atoms with van der Waals surface area (Å²) in [6.45, 7) is 0. The highest BCUT2D eigenvalue weighted by atomic mass is 16.5. The van der Waals surface area contributed by atoms with Crippen molar-refractivity contribution < 1.29 is 14.6 Å². The first-order valence-electron chi connectivity index (χ1n) is 8.14.